The summed E-state index contributed by atoms with van der Waals surface area (Å²) in [6.07, 6.45) is 0.990. The van der Waals surface area contributed by atoms with Crippen LogP contribution >= 0.6 is 0 Å². The first kappa shape index (κ1) is 21.1. The van der Waals surface area contributed by atoms with Crippen LogP contribution in [0.25, 0.3) is 11.4 Å². The van der Waals surface area contributed by atoms with E-state index in [0.717, 1.165) is 23.4 Å². The van der Waals surface area contributed by atoms with Gasteiger partial charge in [-0.1, -0.05) is 36.3 Å². The van der Waals surface area contributed by atoms with E-state index in [4.69, 9.17) is 9.26 Å². The second-order valence-corrected chi connectivity index (χ2v) is 7.18. The van der Waals surface area contributed by atoms with Gasteiger partial charge in [0.25, 0.3) is 5.91 Å². The average molecular weight is 428 g/mol. The van der Waals surface area contributed by atoms with Crippen LogP contribution in [0.5, 0.6) is 5.75 Å². The van der Waals surface area contributed by atoms with Crippen LogP contribution in [0, 0.1) is 0 Å². The molecule has 1 amide bonds. The van der Waals surface area contributed by atoms with Crippen molar-refractivity contribution in [1.29, 1.82) is 0 Å². The molecule has 1 aromatic heterocycles. The van der Waals surface area contributed by atoms with Crippen LogP contribution in [0.3, 0.4) is 0 Å². The molecule has 0 bridgehead atoms. The SMILES string of the molecule is CCc1ccc(-c2noc(CNc3ccc(C(=O)Nc4ccc(OC)cc4)cc3)n2)cc1. The van der Waals surface area contributed by atoms with Gasteiger partial charge in [-0.3, -0.25) is 4.79 Å². The van der Waals surface area contributed by atoms with Gasteiger partial charge in [-0.15, -0.1) is 0 Å². The fraction of sp³-hybridized carbons (Fsp3) is 0.160. The molecule has 0 fully saturated rings. The maximum absolute atomic E-state index is 12.4. The lowest BCUT2D eigenvalue weighted by molar-refractivity contribution is 0.102. The van der Waals surface area contributed by atoms with E-state index in [9.17, 15) is 4.79 Å². The molecule has 0 atom stereocenters. The maximum atomic E-state index is 12.4. The number of ether oxygens (including phenoxy) is 1. The van der Waals surface area contributed by atoms with Crippen LogP contribution in [-0.2, 0) is 13.0 Å². The number of hydrogen-bond donors (Lipinski definition) is 2. The molecule has 1 heterocycles. The molecular weight excluding hydrogens is 404 g/mol. The molecule has 0 unspecified atom stereocenters. The van der Waals surface area contributed by atoms with Crippen LogP contribution in [0.15, 0.2) is 77.3 Å². The highest BCUT2D eigenvalue weighted by Crippen LogP contribution is 2.19. The fourth-order valence-electron chi connectivity index (χ4n) is 3.13. The molecule has 0 aliphatic heterocycles. The number of carbonyl (C=O) groups excluding carboxylic acids is 1. The van der Waals surface area contributed by atoms with Crippen molar-refractivity contribution in [3.8, 4) is 17.1 Å². The van der Waals surface area contributed by atoms with Crippen molar-refractivity contribution in [3.63, 3.8) is 0 Å². The molecule has 3 aromatic carbocycles. The highest BCUT2D eigenvalue weighted by molar-refractivity contribution is 6.04. The standard InChI is InChI=1S/C25H24N4O3/c1-3-17-4-6-18(7-5-17)24-28-23(32-29-24)16-26-20-10-8-19(9-11-20)25(30)27-21-12-14-22(31-2)15-13-21/h4-15,26H,3,16H2,1-2H3,(H,27,30). The van der Waals surface area contributed by atoms with E-state index in [2.05, 4.69) is 39.8 Å². The van der Waals surface area contributed by atoms with Gasteiger partial charge < -0.3 is 19.9 Å². The predicted octanol–water partition coefficient (Wildman–Crippen LogP) is 5.17. The Labute approximate surface area is 186 Å². The number of rotatable bonds is 8. The Kier molecular flexibility index (Phi) is 6.46. The fourth-order valence-corrected chi connectivity index (χ4v) is 3.13. The molecule has 32 heavy (non-hydrogen) atoms. The Morgan fingerprint density at radius 2 is 1.62 bits per heavy atom. The summed E-state index contributed by atoms with van der Waals surface area (Å²) >= 11 is 0. The van der Waals surface area contributed by atoms with Crippen molar-refractivity contribution in [2.24, 2.45) is 0 Å². The Morgan fingerprint density at radius 3 is 2.28 bits per heavy atom. The lowest BCUT2D eigenvalue weighted by Gasteiger charge is -2.08. The van der Waals surface area contributed by atoms with Crippen LogP contribution in [0.2, 0.25) is 0 Å². The average Bonchev–Trinajstić information content (AvgIpc) is 3.32. The summed E-state index contributed by atoms with van der Waals surface area (Å²) in [6.45, 7) is 2.50. The smallest absolute Gasteiger partial charge is 0.255 e. The molecule has 162 valence electrons. The Morgan fingerprint density at radius 1 is 0.938 bits per heavy atom. The second-order valence-electron chi connectivity index (χ2n) is 7.18. The van der Waals surface area contributed by atoms with Crippen LogP contribution < -0.4 is 15.4 Å². The monoisotopic (exact) mass is 428 g/mol. The van der Waals surface area contributed by atoms with Crippen molar-refractivity contribution in [2.45, 2.75) is 19.9 Å². The normalized spacial score (nSPS) is 10.6. The number of anilines is 2. The van der Waals surface area contributed by atoms with Gasteiger partial charge >= 0.3 is 0 Å². The van der Waals surface area contributed by atoms with Crippen molar-refractivity contribution in [2.75, 3.05) is 17.7 Å². The largest absolute Gasteiger partial charge is 0.497 e. The zero-order valence-electron chi connectivity index (χ0n) is 18.0. The Balaban J connectivity index is 1.32. The van der Waals surface area contributed by atoms with E-state index < -0.39 is 0 Å². The minimum atomic E-state index is -0.183. The highest BCUT2D eigenvalue weighted by atomic mass is 16.5. The van der Waals surface area contributed by atoms with E-state index in [1.165, 1.54) is 5.56 Å². The number of aryl methyl sites for hydroxylation is 1. The van der Waals surface area contributed by atoms with Gasteiger partial charge in [0.05, 0.1) is 13.7 Å². The Bertz CT molecular complexity index is 1170. The second kappa shape index (κ2) is 9.78. The quantitative estimate of drug-likeness (QED) is 0.402. The summed E-state index contributed by atoms with van der Waals surface area (Å²) in [5.74, 6) is 1.61. The van der Waals surface area contributed by atoms with E-state index in [1.54, 1.807) is 43.5 Å². The molecular formula is C25H24N4O3. The summed E-state index contributed by atoms with van der Waals surface area (Å²) in [4.78, 5) is 16.9. The molecule has 0 saturated carbocycles. The summed E-state index contributed by atoms with van der Waals surface area (Å²) in [5, 5.41) is 10.2. The first-order valence-corrected chi connectivity index (χ1v) is 10.4. The minimum absolute atomic E-state index is 0.183. The number of aromatic nitrogens is 2. The van der Waals surface area contributed by atoms with Gasteiger partial charge in [0.2, 0.25) is 11.7 Å². The molecule has 0 spiro atoms. The molecule has 0 aliphatic rings. The number of benzene rings is 3. The predicted molar refractivity (Wildman–Crippen MR) is 124 cm³/mol. The topological polar surface area (TPSA) is 89.3 Å². The van der Waals surface area contributed by atoms with Crippen molar-refractivity contribution in [1.82, 2.24) is 10.1 Å². The molecule has 7 nitrogen and oxygen atoms in total. The number of nitrogens with one attached hydrogen (secondary N) is 2. The third-order valence-corrected chi connectivity index (χ3v) is 5.03. The number of carbonyl (C=O) groups is 1. The van der Waals surface area contributed by atoms with Crippen molar-refractivity contribution >= 4 is 17.3 Å². The minimum Gasteiger partial charge on any atom is -0.497 e. The third kappa shape index (κ3) is 5.13. The van der Waals surface area contributed by atoms with E-state index in [0.29, 0.717) is 29.5 Å². The van der Waals surface area contributed by atoms with Crippen LogP contribution in [0.4, 0.5) is 11.4 Å². The van der Waals surface area contributed by atoms with Crippen molar-refractivity contribution < 1.29 is 14.1 Å². The molecule has 0 radical (unpaired) electrons. The number of methoxy groups -OCH3 is 1. The van der Waals surface area contributed by atoms with Gasteiger partial charge in [-0.05, 0) is 60.5 Å². The number of amides is 1. The number of nitrogens with zero attached hydrogens (tertiary/aromatic N) is 2. The van der Waals surface area contributed by atoms with Gasteiger partial charge in [0, 0.05) is 22.5 Å². The van der Waals surface area contributed by atoms with Crippen LogP contribution in [0.1, 0.15) is 28.7 Å². The first-order valence-electron chi connectivity index (χ1n) is 10.4. The zero-order valence-corrected chi connectivity index (χ0v) is 18.0. The summed E-state index contributed by atoms with van der Waals surface area (Å²) in [6, 6.07) is 22.5. The highest BCUT2D eigenvalue weighted by Gasteiger charge is 2.10. The molecule has 2 N–H and O–H groups in total. The maximum Gasteiger partial charge on any atom is 0.255 e. The van der Waals surface area contributed by atoms with Crippen LogP contribution in [-0.4, -0.2) is 23.2 Å². The van der Waals surface area contributed by atoms with Crippen molar-refractivity contribution in [3.05, 3.63) is 89.8 Å². The van der Waals surface area contributed by atoms with Gasteiger partial charge in [0.1, 0.15) is 5.75 Å². The summed E-state index contributed by atoms with van der Waals surface area (Å²) in [5.41, 5.74) is 4.29. The lowest BCUT2D eigenvalue weighted by Crippen LogP contribution is -2.11. The zero-order chi connectivity index (χ0) is 22.3. The van der Waals surface area contributed by atoms with Gasteiger partial charge in [-0.25, -0.2) is 0 Å². The van der Waals surface area contributed by atoms with Gasteiger partial charge in [-0.2, -0.15) is 4.98 Å². The third-order valence-electron chi connectivity index (χ3n) is 5.03. The van der Waals surface area contributed by atoms with Gasteiger partial charge in [0.15, 0.2) is 0 Å². The molecule has 0 aliphatic carbocycles. The molecule has 7 heteroatoms. The van der Waals surface area contributed by atoms with E-state index in [-0.39, 0.29) is 5.91 Å². The van der Waals surface area contributed by atoms with E-state index in [1.807, 2.05) is 24.3 Å². The van der Waals surface area contributed by atoms with E-state index >= 15 is 0 Å². The lowest BCUT2D eigenvalue weighted by atomic mass is 10.1. The molecule has 4 aromatic rings. The number of hydrogen-bond acceptors (Lipinski definition) is 6. The summed E-state index contributed by atoms with van der Waals surface area (Å²) < 4.78 is 10.5. The Hall–Kier alpha value is -4.13. The molecule has 0 saturated heterocycles. The first-order chi connectivity index (χ1) is 15.6. The summed E-state index contributed by atoms with van der Waals surface area (Å²) in [7, 11) is 1.60. The molecule has 4 rings (SSSR count).